The summed E-state index contributed by atoms with van der Waals surface area (Å²) < 4.78 is 0. The Labute approximate surface area is 311 Å². The van der Waals surface area contributed by atoms with Gasteiger partial charge in [0.1, 0.15) is 0 Å². The van der Waals surface area contributed by atoms with Gasteiger partial charge in [-0.05, 0) is 103 Å². The number of carboxylic acid groups (broad SMARTS) is 1. The number of amides is 1. The first-order valence-corrected chi connectivity index (χ1v) is 22.4. The summed E-state index contributed by atoms with van der Waals surface area (Å²) in [7, 11) is 4.32. The largest absolute Gasteiger partial charge is 0.465 e. The van der Waals surface area contributed by atoms with E-state index in [4.69, 9.17) is 0 Å². The molecule has 1 N–H and O–H groups in total. The molecule has 0 aromatic carbocycles. The molecule has 0 aliphatic rings. The second-order valence-electron chi connectivity index (χ2n) is 14.6. The molecule has 0 saturated heterocycles. The quantitative estimate of drug-likeness (QED) is 0.0511. The van der Waals surface area contributed by atoms with Gasteiger partial charge in [-0.25, -0.2) is 4.79 Å². The highest BCUT2D eigenvalue weighted by Crippen LogP contribution is 2.14. The van der Waals surface area contributed by atoms with E-state index in [0.717, 1.165) is 25.0 Å². The predicted octanol–water partition coefficient (Wildman–Crippen LogP) is 14.3. The van der Waals surface area contributed by atoms with Crippen LogP contribution in [0, 0.1) is 0 Å². The first-order valence-electron chi connectivity index (χ1n) is 21.2. The van der Waals surface area contributed by atoms with Crippen molar-refractivity contribution in [3.05, 3.63) is 36.5 Å². The standard InChI is InChI=1S/C44H84N2O2S/c1-4-5-6-7-8-9-10-11-12-20-23-26-29-32-35-38-42-49-43-41-46(44(47)48)40-37-34-31-28-25-22-19-17-15-13-14-16-18-21-24-27-30-33-36-39-45(2)3/h11-12,14-17H,4-10,13,18-43H2,1-3H3,(H,47,48)/b12-11-,16-14-,17-15-. The highest BCUT2D eigenvalue weighted by atomic mass is 32.2. The van der Waals surface area contributed by atoms with E-state index in [1.165, 1.54) is 179 Å². The van der Waals surface area contributed by atoms with Crippen molar-refractivity contribution in [2.75, 3.05) is 45.2 Å². The first kappa shape index (κ1) is 47.8. The Kier molecular flexibility index (Phi) is 40.2. The Hall–Kier alpha value is -1.20. The van der Waals surface area contributed by atoms with E-state index >= 15 is 0 Å². The van der Waals surface area contributed by atoms with Gasteiger partial charge in [0.2, 0.25) is 0 Å². The summed E-state index contributed by atoms with van der Waals surface area (Å²) in [5, 5.41) is 9.60. The SMILES string of the molecule is CCCCCCCC/C=C\CCCCCCCCSCCN(CCCCCCCC/C=C\C/C=C\CCCCCCCCN(C)C)C(=O)O. The van der Waals surface area contributed by atoms with E-state index in [9.17, 15) is 9.90 Å². The molecule has 0 spiro atoms. The Morgan fingerprint density at radius 2 is 0.857 bits per heavy atom. The van der Waals surface area contributed by atoms with Crippen molar-refractivity contribution in [2.24, 2.45) is 0 Å². The molecule has 5 heteroatoms. The Balaban J connectivity index is 3.46. The molecule has 0 aliphatic carbocycles. The second kappa shape index (κ2) is 41.2. The van der Waals surface area contributed by atoms with Crippen molar-refractivity contribution >= 4 is 17.9 Å². The third kappa shape index (κ3) is 41.1. The van der Waals surface area contributed by atoms with Gasteiger partial charge in [-0.2, -0.15) is 11.8 Å². The summed E-state index contributed by atoms with van der Waals surface area (Å²) in [6, 6.07) is 0. The Bertz CT molecular complexity index is 751. The lowest BCUT2D eigenvalue weighted by molar-refractivity contribution is 0.147. The number of rotatable bonds is 39. The van der Waals surface area contributed by atoms with Crippen LogP contribution in [0.5, 0.6) is 0 Å². The molecule has 0 aromatic rings. The topological polar surface area (TPSA) is 43.8 Å². The van der Waals surface area contributed by atoms with Crippen molar-refractivity contribution in [1.82, 2.24) is 9.80 Å². The molecule has 0 aromatic heterocycles. The number of thioether (sulfide) groups is 1. The van der Waals surface area contributed by atoms with Crippen molar-refractivity contribution in [3.8, 4) is 0 Å². The van der Waals surface area contributed by atoms with Gasteiger partial charge in [-0.15, -0.1) is 0 Å². The maximum absolute atomic E-state index is 11.7. The van der Waals surface area contributed by atoms with Crippen LogP contribution >= 0.6 is 11.8 Å². The third-order valence-corrected chi connectivity index (χ3v) is 10.5. The number of nitrogens with zero attached hydrogens (tertiary/aromatic N) is 2. The van der Waals surface area contributed by atoms with Gasteiger partial charge < -0.3 is 14.9 Å². The molecule has 0 radical (unpaired) electrons. The normalized spacial score (nSPS) is 12.1. The van der Waals surface area contributed by atoms with Gasteiger partial charge >= 0.3 is 6.09 Å². The zero-order valence-corrected chi connectivity index (χ0v) is 34.0. The van der Waals surface area contributed by atoms with E-state index in [1.54, 1.807) is 4.90 Å². The molecule has 0 aliphatic heterocycles. The lowest BCUT2D eigenvalue weighted by atomic mass is 10.1. The van der Waals surface area contributed by atoms with Crippen molar-refractivity contribution < 1.29 is 9.90 Å². The molecule has 49 heavy (non-hydrogen) atoms. The zero-order chi connectivity index (χ0) is 35.7. The molecule has 0 bridgehead atoms. The summed E-state index contributed by atoms with van der Waals surface area (Å²) in [6.07, 6.45) is 51.1. The Morgan fingerprint density at radius 1 is 0.469 bits per heavy atom. The van der Waals surface area contributed by atoms with Crippen LogP contribution in [-0.2, 0) is 0 Å². The fraction of sp³-hybridized carbons (Fsp3) is 0.841. The van der Waals surface area contributed by atoms with Crippen LogP contribution in [0.3, 0.4) is 0 Å². The molecule has 0 saturated carbocycles. The number of hydrogen-bond donors (Lipinski definition) is 1. The molecule has 0 atom stereocenters. The van der Waals surface area contributed by atoms with Crippen LogP contribution in [0.1, 0.15) is 193 Å². The molecule has 288 valence electrons. The smallest absolute Gasteiger partial charge is 0.407 e. The number of allylic oxidation sites excluding steroid dienone is 6. The maximum Gasteiger partial charge on any atom is 0.407 e. The fourth-order valence-corrected chi connectivity index (χ4v) is 7.17. The first-order chi connectivity index (χ1) is 24.1. The Morgan fingerprint density at radius 3 is 1.31 bits per heavy atom. The van der Waals surface area contributed by atoms with Gasteiger partial charge in [-0.1, -0.05) is 153 Å². The van der Waals surface area contributed by atoms with Crippen LogP contribution in [0.15, 0.2) is 36.5 Å². The lowest BCUT2D eigenvalue weighted by Gasteiger charge is -2.18. The molecule has 0 unspecified atom stereocenters. The van der Waals surface area contributed by atoms with Crippen LogP contribution in [0.2, 0.25) is 0 Å². The minimum Gasteiger partial charge on any atom is -0.465 e. The van der Waals surface area contributed by atoms with E-state index in [0.29, 0.717) is 13.1 Å². The van der Waals surface area contributed by atoms with Gasteiger partial charge in [-0.3, -0.25) is 0 Å². The van der Waals surface area contributed by atoms with Crippen LogP contribution < -0.4 is 0 Å². The van der Waals surface area contributed by atoms with Gasteiger partial charge in [0, 0.05) is 18.8 Å². The molecule has 0 fully saturated rings. The summed E-state index contributed by atoms with van der Waals surface area (Å²) in [4.78, 5) is 15.6. The third-order valence-electron chi connectivity index (χ3n) is 9.46. The highest BCUT2D eigenvalue weighted by molar-refractivity contribution is 7.99. The number of hydrogen-bond acceptors (Lipinski definition) is 3. The van der Waals surface area contributed by atoms with Crippen LogP contribution in [0.25, 0.3) is 0 Å². The molecular formula is C44H84N2O2S. The average Bonchev–Trinajstić information content (AvgIpc) is 3.08. The second-order valence-corrected chi connectivity index (χ2v) is 15.8. The fourth-order valence-electron chi connectivity index (χ4n) is 6.21. The summed E-state index contributed by atoms with van der Waals surface area (Å²) in [5.41, 5.74) is 0. The molecule has 4 nitrogen and oxygen atoms in total. The number of unbranched alkanes of at least 4 members (excludes halogenated alkanes) is 24. The van der Waals surface area contributed by atoms with Crippen molar-refractivity contribution in [1.29, 1.82) is 0 Å². The van der Waals surface area contributed by atoms with E-state index < -0.39 is 6.09 Å². The van der Waals surface area contributed by atoms with E-state index in [2.05, 4.69) is 62.4 Å². The maximum atomic E-state index is 11.7. The molecular weight excluding hydrogens is 621 g/mol. The number of carbonyl (C=O) groups is 1. The average molecular weight is 705 g/mol. The monoisotopic (exact) mass is 705 g/mol. The lowest BCUT2D eigenvalue weighted by Crippen LogP contribution is -2.32. The zero-order valence-electron chi connectivity index (χ0n) is 33.2. The van der Waals surface area contributed by atoms with Crippen molar-refractivity contribution in [3.63, 3.8) is 0 Å². The van der Waals surface area contributed by atoms with Crippen LogP contribution in [-0.4, -0.2) is 66.2 Å². The molecule has 1 amide bonds. The van der Waals surface area contributed by atoms with Gasteiger partial charge in [0.25, 0.3) is 0 Å². The van der Waals surface area contributed by atoms with Crippen LogP contribution in [0.4, 0.5) is 4.79 Å². The van der Waals surface area contributed by atoms with Crippen molar-refractivity contribution in [2.45, 2.75) is 193 Å². The highest BCUT2D eigenvalue weighted by Gasteiger charge is 2.10. The van der Waals surface area contributed by atoms with Gasteiger partial charge in [0.05, 0.1) is 0 Å². The van der Waals surface area contributed by atoms with E-state index in [1.807, 2.05) is 11.8 Å². The summed E-state index contributed by atoms with van der Waals surface area (Å²) in [6.45, 7) is 4.87. The predicted molar refractivity (Wildman–Crippen MR) is 222 cm³/mol. The molecule has 0 heterocycles. The minimum atomic E-state index is -0.749. The van der Waals surface area contributed by atoms with E-state index in [-0.39, 0.29) is 0 Å². The summed E-state index contributed by atoms with van der Waals surface area (Å²) in [5.74, 6) is 2.09. The summed E-state index contributed by atoms with van der Waals surface area (Å²) >= 11 is 1.93. The molecule has 0 rings (SSSR count). The van der Waals surface area contributed by atoms with Gasteiger partial charge in [0.15, 0.2) is 0 Å². The minimum absolute atomic E-state index is 0.672.